The molecule has 9 heteroatoms. The first kappa shape index (κ1) is 24.8. The number of hydrogen-bond acceptors (Lipinski definition) is 4. The molecule has 0 fully saturated rings. The van der Waals surface area contributed by atoms with Crippen molar-refractivity contribution < 1.29 is 28.2 Å². The van der Waals surface area contributed by atoms with Gasteiger partial charge in [-0.15, -0.1) is 19.7 Å². The summed E-state index contributed by atoms with van der Waals surface area (Å²) in [6.07, 6.45) is 4.98. The number of Topliss-reactive ketones (excluding diaryl/α,β-unsaturated/α-hetero) is 1. The molecule has 0 spiro atoms. The van der Waals surface area contributed by atoms with Gasteiger partial charge in [-0.2, -0.15) is 8.78 Å². The Balaban J connectivity index is 3.79. The molecule has 0 saturated carbocycles. The smallest absolute Gasteiger partial charge is 0.387 e. The molecule has 0 aliphatic rings. The summed E-state index contributed by atoms with van der Waals surface area (Å²) < 4.78 is 29.8. The van der Waals surface area contributed by atoms with Crippen molar-refractivity contribution in [2.75, 3.05) is 5.73 Å². The van der Waals surface area contributed by atoms with Gasteiger partial charge in [0.2, 0.25) is 5.78 Å². The van der Waals surface area contributed by atoms with Crippen molar-refractivity contribution in [1.29, 1.82) is 0 Å². The highest BCUT2D eigenvalue weighted by Crippen LogP contribution is 2.42. The standard InChI is InChI=1S/C20H19Br2F2NO4/c1-4-7-10(6-3)11(8-5-2)14(19(27)28)17(26)12-9-13(25)16(22)18(15(12)21)29-20(23)24/h4-6,9-10,20H,1-3,7-8,25H2,(H,27,28). The number of carboxylic acid groups (broad SMARTS) is 1. The predicted octanol–water partition coefficient (Wildman–Crippen LogP) is 5.91. The van der Waals surface area contributed by atoms with Gasteiger partial charge in [0, 0.05) is 11.5 Å². The number of rotatable bonds is 11. The zero-order valence-electron chi connectivity index (χ0n) is 15.3. The van der Waals surface area contributed by atoms with Gasteiger partial charge in [0.25, 0.3) is 0 Å². The van der Waals surface area contributed by atoms with Gasteiger partial charge in [-0.05, 0) is 56.3 Å². The Morgan fingerprint density at radius 1 is 1.21 bits per heavy atom. The summed E-state index contributed by atoms with van der Waals surface area (Å²) in [7, 11) is 0. The third kappa shape index (κ3) is 5.86. The van der Waals surface area contributed by atoms with Crippen molar-refractivity contribution in [2.24, 2.45) is 5.92 Å². The van der Waals surface area contributed by atoms with Crippen molar-refractivity contribution in [3.63, 3.8) is 0 Å². The average Bonchev–Trinajstić information content (AvgIpc) is 2.65. The number of anilines is 1. The molecular weight excluding hydrogens is 516 g/mol. The van der Waals surface area contributed by atoms with Crippen LogP contribution in [0, 0.1) is 5.92 Å². The molecule has 1 rings (SSSR count). The molecule has 29 heavy (non-hydrogen) atoms. The molecule has 0 heterocycles. The minimum absolute atomic E-state index is 0.00372. The van der Waals surface area contributed by atoms with Crippen molar-refractivity contribution >= 4 is 49.3 Å². The minimum Gasteiger partial charge on any atom is -0.478 e. The number of alkyl halides is 2. The van der Waals surface area contributed by atoms with Crippen LogP contribution >= 0.6 is 31.9 Å². The van der Waals surface area contributed by atoms with Gasteiger partial charge in [-0.3, -0.25) is 4.79 Å². The van der Waals surface area contributed by atoms with E-state index in [2.05, 4.69) is 56.3 Å². The molecule has 0 bridgehead atoms. The Bertz CT molecular complexity index is 882. The Kier molecular flexibility index (Phi) is 9.45. The number of ether oxygens (including phenoxy) is 1. The highest BCUT2D eigenvalue weighted by molar-refractivity contribution is 9.11. The molecule has 1 unspecified atom stereocenters. The van der Waals surface area contributed by atoms with E-state index in [1.165, 1.54) is 18.2 Å². The number of carbonyl (C=O) groups is 2. The van der Waals surface area contributed by atoms with Gasteiger partial charge in [-0.25, -0.2) is 4.79 Å². The van der Waals surface area contributed by atoms with Crippen LogP contribution in [0.5, 0.6) is 5.75 Å². The lowest BCUT2D eigenvalue weighted by atomic mass is 9.86. The first-order valence-electron chi connectivity index (χ1n) is 8.18. The Morgan fingerprint density at radius 3 is 2.28 bits per heavy atom. The Hall–Kier alpha value is -2.26. The maximum atomic E-state index is 13.2. The van der Waals surface area contributed by atoms with Crippen LogP contribution in [0.2, 0.25) is 0 Å². The van der Waals surface area contributed by atoms with Gasteiger partial charge in [0.1, 0.15) is 5.57 Å². The molecule has 0 radical (unpaired) electrons. The molecule has 0 aromatic heterocycles. The van der Waals surface area contributed by atoms with Crippen LogP contribution in [0.1, 0.15) is 23.2 Å². The molecular formula is C20H19Br2F2NO4. The van der Waals surface area contributed by atoms with E-state index in [4.69, 9.17) is 5.73 Å². The first-order chi connectivity index (χ1) is 13.6. The third-order valence-corrected chi connectivity index (χ3v) is 5.52. The summed E-state index contributed by atoms with van der Waals surface area (Å²) in [6, 6.07) is 1.18. The van der Waals surface area contributed by atoms with Crippen LogP contribution in [0.3, 0.4) is 0 Å². The van der Waals surface area contributed by atoms with Crippen LogP contribution in [-0.4, -0.2) is 23.5 Å². The topological polar surface area (TPSA) is 89.6 Å². The van der Waals surface area contributed by atoms with Crippen LogP contribution in [-0.2, 0) is 4.79 Å². The molecule has 156 valence electrons. The summed E-state index contributed by atoms with van der Waals surface area (Å²) in [4.78, 5) is 25.2. The van der Waals surface area contributed by atoms with Crippen molar-refractivity contribution in [3.8, 4) is 5.75 Å². The minimum atomic E-state index is -3.18. The zero-order chi connectivity index (χ0) is 22.3. The van der Waals surface area contributed by atoms with Crippen molar-refractivity contribution in [3.05, 3.63) is 69.7 Å². The number of nitrogens with two attached hydrogens (primary N) is 1. The van der Waals surface area contributed by atoms with E-state index < -0.39 is 35.6 Å². The summed E-state index contributed by atoms with van der Waals surface area (Å²) >= 11 is 6.08. The van der Waals surface area contributed by atoms with Crippen LogP contribution in [0.15, 0.2) is 64.1 Å². The fourth-order valence-corrected chi connectivity index (χ4v) is 3.92. The number of carboxylic acids is 1. The normalized spacial score (nSPS) is 12.7. The van der Waals surface area contributed by atoms with Gasteiger partial charge < -0.3 is 15.6 Å². The van der Waals surface area contributed by atoms with E-state index in [9.17, 15) is 23.5 Å². The Labute approximate surface area is 183 Å². The van der Waals surface area contributed by atoms with Gasteiger partial charge in [0.05, 0.1) is 14.6 Å². The first-order valence-corrected chi connectivity index (χ1v) is 9.76. The van der Waals surface area contributed by atoms with E-state index in [1.54, 1.807) is 6.08 Å². The summed E-state index contributed by atoms with van der Waals surface area (Å²) in [5.74, 6) is -3.29. The van der Waals surface area contributed by atoms with Gasteiger partial charge >= 0.3 is 12.6 Å². The van der Waals surface area contributed by atoms with E-state index in [0.29, 0.717) is 6.42 Å². The lowest BCUT2D eigenvalue weighted by Crippen LogP contribution is -2.19. The van der Waals surface area contributed by atoms with E-state index in [-0.39, 0.29) is 32.2 Å². The number of carbonyl (C=O) groups excluding carboxylic acids is 1. The monoisotopic (exact) mass is 533 g/mol. The SMILES string of the molecule is C=CCC(=C(C(=O)O)C(=O)c1cc(N)c(Br)c(OC(F)F)c1Br)C(C=C)CC=C. The number of hydrogen-bond donors (Lipinski definition) is 2. The predicted molar refractivity (Wildman–Crippen MR) is 115 cm³/mol. The summed E-state index contributed by atoms with van der Waals surface area (Å²) in [6.45, 7) is 7.73. The maximum Gasteiger partial charge on any atom is 0.387 e. The largest absolute Gasteiger partial charge is 0.478 e. The highest BCUT2D eigenvalue weighted by Gasteiger charge is 2.30. The van der Waals surface area contributed by atoms with Crippen molar-refractivity contribution in [2.45, 2.75) is 19.5 Å². The van der Waals surface area contributed by atoms with Crippen LogP contribution in [0.4, 0.5) is 14.5 Å². The maximum absolute atomic E-state index is 13.2. The lowest BCUT2D eigenvalue weighted by Gasteiger charge is -2.19. The van der Waals surface area contributed by atoms with Crippen LogP contribution < -0.4 is 10.5 Å². The molecule has 1 aromatic rings. The number of benzene rings is 1. The van der Waals surface area contributed by atoms with Gasteiger partial charge in [-0.1, -0.05) is 18.2 Å². The summed E-state index contributed by atoms with van der Waals surface area (Å²) in [5.41, 5.74) is 5.22. The summed E-state index contributed by atoms with van der Waals surface area (Å²) in [5, 5.41) is 9.76. The van der Waals surface area contributed by atoms with E-state index in [1.807, 2.05) is 0 Å². The number of allylic oxidation sites excluding steroid dienone is 4. The molecule has 0 aliphatic heterocycles. The molecule has 1 aromatic carbocycles. The molecule has 0 aliphatic carbocycles. The molecule has 0 saturated heterocycles. The molecule has 5 nitrogen and oxygen atoms in total. The molecule has 0 amide bonds. The number of halogens is 4. The number of aliphatic carboxylic acids is 1. The third-order valence-electron chi connectivity index (χ3n) is 3.92. The number of nitrogen functional groups attached to an aromatic ring is 1. The van der Waals surface area contributed by atoms with E-state index in [0.717, 1.165) is 0 Å². The Morgan fingerprint density at radius 2 is 1.83 bits per heavy atom. The zero-order valence-corrected chi connectivity index (χ0v) is 18.4. The fourth-order valence-electron chi connectivity index (χ4n) is 2.66. The van der Waals surface area contributed by atoms with E-state index >= 15 is 0 Å². The second-order valence-electron chi connectivity index (χ2n) is 5.74. The second-order valence-corrected chi connectivity index (χ2v) is 7.33. The number of ketones is 1. The van der Waals surface area contributed by atoms with Gasteiger partial charge in [0.15, 0.2) is 5.75 Å². The molecule has 1 atom stereocenters. The second kappa shape index (κ2) is 11.1. The van der Waals surface area contributed by atoms with Crippen molar-refractivity contribution in [1.82, 2.24) is 0 Å². The van der Waals surface area contributed by atoms with Crippen LogP contribution in [0.25, 0.3) is 0 Å². The highest BCUT2D eigenvalue weighted by atomic mass is 79.9. The molecule has 3 N–H and O–H groups in total. The quantitative estimate of drug-likeness (QED) is 0.0919. The lowest BCUT2D eigenvalue weighted by molar-refractivity contribution is -0.132. The average molecular weight is 535 g/mol. The fraction of sp³-hybridized carbons (Fsp3) is 0.200.